The van der Waals surface area contributed by atoms with Gasteiger partial charge in [-0.1, -0.05) is 72.8 Å². The molecule has 188 valence electrons. The monoisotopic (exact) mass is 546 g/mol. The van der Waals surface area contributed by atoms with E-state index in [1.807, 2.05) is 22.7 Å². The molecule has 2 nitrogen and oxygen atoms in total. The van der Waals surface area contributed by atoms with Crippen LogP contribution in [0.3, 0.4) is 0 Å². The maximum absolute atomic E-state index is 5.21. The molecular weight excluding hydrogens is 525 g/mol. The molecule has 0 bridgehead atoms. The minimum atomic E-state index is 0.950. The van der Waals surface area contributed by atoms with Crippen molar-refractivity contribution in [3.8, 4) is 22.5 Å². The molecular formula is C36H22N2S2. The maximum Gasteiger partial charge on any atom is 0.0972 e. The molecule has 4 heterocycles. The Kier molecular flexibility index (Phi) is 4.80. The van der Waals surface area contributed by atoms with Gasteiger partial charge in [0.2, 0.25) is 0 Å². The van der Waals surface area contributed by atoms with E-state index in [9.17, 15) is 0 Å². The Morgan fingerprint density at radius 3 is 1.93 bits per heavy atom. The van der Waals surface area contributed by atoms with Gasteiger partial charge in [0.25, 0.3) is 0 Å². The molecule has 1 aliphatic rings. The van der Waals surface area contributed by atoms with Gasteiger partial charge in [0.15, 0.2) is 0 Å². The van der Waals surface area contributed by atoms with Crippen molar-refractivity contribution in [3.05, 3.63) is 114 Å². The topological polar surface area (TPSA) is 25.8 Å². The molecule has 0 atom stereocenters. The molecule has 0 saturated carbocycles. The summed E-state index contributed by atoms with van der Waals surface area (Å²) in [7, 11) is 0. The van der Waals surface area contributed by atoms with Crippen molar-refractivity contribution in [1.29, 1.82) is 0 Å². The number of benzene rings is 4. The summed E-state index contributed by atoms with van der Waals surface area (Å²) >= 11 is 3.73. The Bertz CT molecular complexity index is 2340. The van der Waals surface area contributed by atoms with Crippen LogP contribution in [0.25, 0.3) is 80.7 Å². The van der Waals surface area contributed by atoms with Gasteiger partial charge in [-0.2, -0.15) is 0 Å². The van der Waals surface area contributed by atoms with E-state index in [1.165, 1.54) is 40.7 Å². The first-order valence-corrected chi connectivity index (χ1v) is 15.3. The van der Waals surface area contributed by atoms with Crippen LogP contribution in [-0.4, -0.2) is 9.97 Å². The number of hydrogen-bond acceptors (Lipinski definition) is 4. The third kappa shape index (κ3) is 3.40. The van der Waals surface area contributed by atoms with E-state index >= 15 is 0 Å². The molecule has 0 spiro atoms. The third-order valence-corrected chi connectivity index (χ3v) is 10.4. The molecule has 0 unspecified atom stereocenters. The van der Waals surface area contributed by atoms with Gasteiger partial charge in [0.05, 0.1) is 22.4 Å². The van der Waals surface area contributed by atoms with Gasteiger partial charge in [-0.25, -0.2) is 9.97 Å². The van der Waals surface area contributed by atoms with Gasteiger partial charge in [0.1, 0.15) is 0 Å². The number of nitrogens with zero attached hydrogens (tertiary/aromatic N) is 2. The summed E-state index contributed by atoms with van der Waals surface area (Å²) in [6, 6.07) is 35.1. The second kappa shape index (κ2) is 8.56. The molecule has 4 heteroatoms. The predicted octanol–water partition coefficient (Wildman–Crippen LogP) is 10.7. The molecule has 0 saturated heterocycles. The van der Waals surface area contributed by atoms with Crippen molar-refractivity contribution in [2.75, 3.05) is 0 Å². The van der Waals surface area contributed by atoms with E-state index in [2.05, 4.69) is 109 Å². The molecule has 4 aromatic carbocycles. The fraction of sp³-hybridized carbons (Fsp3) is 0.0556. The Hall–Kier alpha value is -4.38. The van der Waals surface area contributed by atoms with Crippen LogP contribution >= 0.6 is 22.7 Å². The van der Waals surface area contributed by atoms with Crippen LogP contribution < -0.4 is 0 Å². The van der Waals surface area contributed by atoms with Crippen molar-refractivity contribution < 1.29 is 0 Å². The van der Waals surface area contributed by atoms with Crippen LogP contribution in [0, 0.1) is 0 Å². The first-order chi connectivity index (χ1) is 19.8. The van der Waals surface area contributed by atoms with Crippen LogP contribution in [-0.2, 0) is 6.42 Å². The number of fused-ring (bicyclic) bond motifs is 9. The Morgan fingerprint density at radius 1 is 0.550 bits per heavy atom. The number of thiophene rings is 2. The molecule has 0 N–H and O–H groups in total. The first-order valence-electron chi connectivity index (χ1n) is 13.6. The highest BCUT2D eigenvalue weighted by atomic mass is 32.1. The zero-order valence-corrected chi connectivity index (χ0v) is 23.2. The van der Waals surface area contributed by atoms with Gasteiger partial charge in [0, 0.05) is 51.6 Å². The van der Waals surface area contributed by atoms with E-state index in [4.69, 9.17) is 9.97 Å². The number of allylic oxidation sites excluding steroid dienone is 1. The minimum absolute atomic E-state index is 0.950. The molecule has 0 radical (unpaired) electrons. The van der Waals surface area contributed by atoms with Crippen LogP contribution in [0.2, 0.25) is 0 Å². The van der Waals surface area contributed by atoms with Gasteiger partial charge < -0.3 is 0 Å². The molecule has 9 rings (SSSR count). The molecule has 0 aliphatic heterocycles. The van der Waals surface area contributed by atoms with Crippen molar-refractivity contribution in [2.24, 2.45) is 0 Å². The zero-order valence-electron chi connectivity index (χ0n) is 21.5. The number of aryl methyl sites for hydroxylation is 1. The van der Waals surface area contributed by atoms with Crippen molar-refractivity contribution in [3.63, 3.8) is 0 Å². The largest absolute Gasteiger partial charge is 0.245 e. The summed E-state index contributed by atoms with van der Waals surface area (Å²) in [6.07, 6.45) is 6.84. The molecule has 1 aliphatic carbocycles. The lowest BCUT2D eigenvalue weighted by Gasteiger charge is -2.09. The van der Waals surface area contributed by atoms with Crippen LogP contribution in [0.4, 0.5) is 0 Å². The smallest absolute Gasteiger partial charge is 0.0972 e. The van der Waals surface area contributed by atoms with Gasteiger partial charge in [-0.05, 0) is 60.2 Å². The first kappa shape index (κ1) is 22.4. The number of hydrogen-bond donors (Lipinski definition) is 0. The SMILES string of the molecule is C1=Cc2sc3cc(-c4ccc5ccc6ccc(-c7ccc8c(c7)sc7ccccc78)nc6c5n4)ccc3c2CC1. The molecule has 40 heavy (non-hydrogen) atoms. The van der Waals surface area contributed by atoms with E-state index in [1.54, 1.807) is 0 Å². The third-order valence-electron chi connectivity index (χ3n) is 8.14. The summed E-state index contributed by atoms with van der Waals surface area (Å²) in [5, 5.41) is 6.24. The number of pyridine rings is 2. The summed E-state index contributed by atoms with van der Waals surface area (Å²) in [5.74, 6) is 0. The molecule has 8 aromatic rings. The van der Waals surface area contributed by atoms with E-state index < -0.39 is 0 Å². The standard InChI is InChI=1S/C36H22N2S2/c1-3-7-31-25(5-1)27-15-11-23(19-33(27)39-31)29-17-13-21-9-10-22-14-18-30(38-36(22)35(21)37-29)24-12-16-28-26-6-2-4-8-32(26)40-34(28)20-24/h1,3-5,7-20H,2,6H2. The van der Waals surface area contributed by atoms with Gasteiger partial charge in [-0.3, -0.25) is 0 Å². The highest BCUT2D eigenvalue weighted by molar-refractivity contribution is 7.25. The second-order valence-electron chi connectivity index (χ2n) is 10.5. The quantitative estimate of drug-likeness (QED) is 0.202. The molecule has 0 fully saturated rings. The summed E-state index contributed by atoms with van der Waals surface area (Å²) in [6.45, 7) is 0. The predicted molar refractivity (Wildman–Crippen MR) is 174 cm³/mol. The van der Waals surface area contributed by atoms with E-state index in [-0.39, 0.29) is 0 Å². The van der Waals surface area contributed by atoms with E-state index in [0.717, 1.165) is 57.2 Å². The Balaban J connectivity index is 1.19. The van der Waals surface area contributed by atoms with Gasteiger partial charge in [-0.15, -0.1) is 22.7 Å². The highest BCUT2D eigenvalue weighted by Gasteiger charge is 2.15. The van der Waals surface area contributed by atoms with E-state index in [0.29, 0.717) is 0 Å². The lowest BCUT2D eigenvalue weighted by Crippen LogP contribution is -1.91. The fourth-order valence-electron chi connectivity index (χ4n) is 6.11. The molecule has 0 amide bonds. The van der Waals surface area contributed by atoms with Gasteiger partial charge >= 0.3 is 0 Å². The van der Waals surface area contributed by atoms with Crippen molar-refractivity contribution in [2.45, 2.75) is 12.8 Å². The maximum atomic E-state index is 5.21. The minimum Gasteiger partial charge on any atom is -0.245 e. The number of rotatable bonds is 2. The lowest BCUT2D eigenvalue weighted by atomic mass is 10.00. The summed E-state index contributed by atoms with van der Waals surface area (Å²) < 4.78 is 3.95. The second-order valence-corrected chi connectivity index (χ2v) is 12.7. The average Bonchev–Trinajstić information content (AvgIpc) is 3.58. The van der Waals surface area contributed by atoms with Crippen molar-refractivity contribution in [1.82, 2.24) is 9.97 Å². The summed E-state index contributed by atoms with van der Waals surface area (Å²) in [5.41, 5.74) is 7.65. The van der Waals surface area contributed by atoms with Crippen LogP contribution in [0.15, 0.2) is 103 Å². The van der Waals surface area contributed by atoms with Crippen molar-refractivity contribution >= 4 is 80.8 Å². The lowest BCUT2D eigenvalue weighted by molar-refractivity contribution is 1.01. The average molecular weight is 547 g/mol. The normalized spacial score (nSPS) is 13.2. The molecule has 4 aromatic heterocycles. The zero-order chi connectivity index (χ0) is 26.2. The number of aromatic nitrogens is 2. The Morgan fingerprint density at radius 2 is 1.18 bits per heavy atom. The van der Waals surface area contributed by atoms with Crippen LogP contribution in [0.5, 0.6) is 0 Å². The fourth-order valence-corrected chi connectivity index (χ4v) is 8.48. The van der Waals surface area contributed by atoms with Crippen LogP contribution in [0.1, 0.15) is 16.9 Å². The summed E-state index contributed by atoms with van der Waals surface area (Å²) in [4.78, 5) is 11.8. The highest BCUT2D eigenvalue weighted by Crippen LogP contribution is 2.39. The Labute approximate surface area is 238 Å².